The van der Waals surface area contributed by atoms with Crippen LogP contribution < -0.4 is 5.32 Å². The smallest absolute Gasteiger partial charge is 0.318 e. The van der Waals surface area contributed by atoms with Crippen LogP contribution in [0.15, 0.2) is 24.3 Å². The largest absolute Gasteiger partial charge is 0.381 e. The van der Waals surface area contributed by atoms with Crippen molar-refractivity contribution in [3.63, 3.8) is 0 Å². The van der Waals surface area contributed by atoms with E-state index in [2.05, 4.69) is 10.4 Å². The number of amides is 3. The van der Waals surface area contributed by atoms with Crippen molar-refractivity contribution in [2.45, 2.75) is 44.8 Å². The molecule has 0 aliphatic carbocycles. The molecule has 3 amide bonds. The molecule has 29 heavy (non-hydrogen) atoms. The highest BCUT2D eigenvalue weighted by Crippen LogP contribution is 2.26. The molecule has 0 unspecified atom stereocenters. The highest BCUT2D eigenvalue weighted by atomic mass is 16.5. The molecule has 8 heteroatoms. The van der Waals surface area contributed by atoms with Crippen LogP contribution in [0.25, 0.3) is 10.9 Å². The molecule has 8 nitrogen and oxygen atoms in total. The van der Waals surface area contributed by atoms with Crippen LogP contribution in [0, 0.1) is 0 Å². The quantitative estimate of drug-likeness (QED) is 0.853. The van der Waals surface area contributed by atoms with Crippen LogP contribution >= 0.6 is 0 Å². The standard InChI is InChI=1S/C21H29N5O3/c1-14(2)22-21(28)26(15-8-10-29-11-9-15)16-12-25(13-16)20(27)19-17-6-4-5-7-18(17)24(3)23-19/h4-7,14-16H,8-13H2,1-3H3,(H,22,28). The highest BCUT2D eigenvalue weighted by molar-refractivity contribution is 6.05. The van der Waals surface area contributed by atoms with Gasteiger partial charge in [0.15, 0.2) is 5.69 Å². The minimum atomic E-state index is -0.0748. The van der Waals surface area contributed by atoms with E-state index in [0.717, 1.165) is 23.7 Å². The summed E-state index contributed by atoms with van der Waals surface area (Å²) in [5.74, 6) is -0.0748. The van der Waals surface area contributed by atoms with Gasteiger partial charge in [0.25, 0.3) is 5.91 Å². The van der Waals surface area contributed by atoms with E-state index in [9.17, 15) is 9.59 Å². The van der Waals surface area contributed by atoms with Crippen molar-refractivity contribution in [1.82, 2.24) is 24.9 Å². The Bertz CT molecular complexity index is 897. The number of aryl methyl sites for hydroxylation is 1. The van der Waals surface area contributed by atoms with Crippen LogP contribution in [0.1, 0.15) is 37.2 Å². The van der Waals surface area contributed by atoms with Crippen molar-refractivity contribution in [3.8, 4) is 0 Å². The Kier molecular flexibility index (Phi) is 5.45. The second kappa shape index (κ2) is 8.02. The lowest BCUT2D eigenvalue weighted by molar-refractivity contribution is -0.00536. The van der Waals surface area contributed by atoms with Crippen molar-refractivity contribution in [3.05, 3.63) is 30.0 Å². The molecule has 1 N–H and O–H groups in total. The van der Waals surface area contributed by atoms with E-state index < -0.39 is 0 Å². The van der Waals surface area contributed by atoms with Gasteiger partial charge in [0.1, 0.15) is 0 Å². The number of likely N-dealkylation sites (tertiary alicyclic amines) is 1. The number of nitrogens with one attached hydrogen (secondary N) is 1. The number of nitrogens with zero attached hydrogens (tertiary/aromatic N) is 4. The molecular formula is C21H29N5O3. The van der Waals surface area contributed by atoms with Gasteiger partial charge in [0.05, 0.1) is 11.6 Å². The van der Waals surface area contributed by atoms with Crippen LogP contribution in [0.4, 0.5) is 4.79 Å². The number of rotatable bonds is 4. The lowest BCUT2D eigenvalue weighted by Gasteiger charge is -2.48. The molecule has 1 aromatic carbocycles. The maximum absolute atomic E-state index is 13.1. The number of hydrogen-bond donors (Lipinski definition) is 1. The predicted molar refractivity (Wildman–Crippen MR) is 110 cm³/mol. The molecule has 1 aromatic heterocycles. The molecule has 0 bridgehead atoms. The summed E-state index contributed by atoms with van der Waals surface area (Å²) in [6.45, 7) is 6.34. The molecule has 156 valence electrons. The second-order valence-electron chi connectivity index (χ2n) is 8.21. The third-order valence-corrected chi connectivity index (χ3v) is 5.73. The number of ether oxygens (including phenoxy) is 1. The van der Waals surface area contributed by atoms with E-state index in [1.807, 2.05) is 50.1 Å². The highest BCUT2D eigenvalue weighted by Gasteiger charge is 2.41. The number of aromatic nitrogens is 2. The summed E-state index contributed by atoms with van der Waals surface area (Å²) in [5.41, 5.74) is 1.42. The summed E-state index contributed by atoms with van der Waals surface area (Å²) < 4.78 is 7.21. The lowest BCUT2D eigenvalue weighted by Crippen LogP contribution is -2.66. The third kappa shape index (κ3) is 3.81. The Morgan fingerprint density at radius 1 is 1.17 bits per heavy atom. The Hall–Kier alpha value is -2.61. The van der Waals surface area contributed by atoms with E-state index in [-0.39, 0.29) is 30.1 Å². The van der Waals surface area contributed by atoms with Crippen molar-refractivity contribution in [2.75, 3.05) is 26.3 Å². The molecule has 3 heterocycles. The first kappa shape index (κ1) is 19.7. The van der Waals surface area contributed by atoms with Gasteiger partial charge in [-0.25, -0.2) is 4.79 Å². The molecule has 4 rings (SSSR count). The summed E-state index contributed by atoms with van der Waals surface area (Å²) in [7, 11) is 1.85. The van der Waals surface area contributed by atoms with Gasteiger partial charge >= 0.3 is 6.03 Å². The molecule has 0 saturated carbocycles. The molecule has 0 atom stereocenters. The van der Waals surface area contributed by atoms with Gasteiger partial charge in [-0.3, -0.25) is 9.48 Å². The number of para-hydroxylation sites is 1. The normalized spacial score (nSPS) is 18.1. The first-order valence-corrected chi connectivity index (χ1v) is 10.3. The molecule has 2 aliphatic rings. The zero-order valence-electron chi connectivity index (χ0n) is 17.3. The molecule has 2 aromatic rings. The minimum Gasteiger partial charge on any atom is -0.381 e. The van der Waals surface area contributed by atoms with Gasteiger partial charge in [-0.2, -0.15) is 5.10 Å². The fourth-order valence-electron chi connectivity index (χ4n) is 4.23. The maximum atomic E-state index is 13.1. The average molecular weight is 399 g/mol. The van der Waals surface area contributed by atoms with Crippen molar-refractivity contribution < 1.29 is 14.3 Å². The monoisotopic (exact) mass is 399 g/mol. The topological polar surface area (TPSA) is 79.7 Å². The summed E-state index contributed by atoms with van der Waals surface area (Å²) in [6.07, 6.45) is 1.67. The summed E-state index contributed by atoms with van der Waals surface area (Å²) in [6, 6.07) is 7.95. The van der Waals surface area contributed by atoms with Gasteiger partial charge in [-0.15, -0.1) is 0 Å². The molecular weight excluding hydrogens is 370 g/mol. The number of fused-ring (bicyclic) bond motifs is 1. The molecule has 2 aliphatic heterocycles. The summed E-state index contributed by atoms with van der Waals surface area (Å²) >= 11 is 0. The number of carbonyl (C=O) groups excluding carboxylic acids is 2. The SMILES string of the molecule is CC(C)NC(=O)N(C1CCOCC1)C1CN(C(=O)c2nn(C)c3ccccc23)C1. The van der Waals surface area contributed by atoms with Crippen LogP contribution in [-0.2, 0) is 11.8 Å². The van der Waals surface area contributed by atoms with E-state index in [4.69, 9.17) is 4.74 Å². The molecule has 2 fully saturated rings. The Morgan fingerprint density at radius 2 is 1.86 bits per heavy atom. The lowest BCUT2D eigenvalue weighted by atomic mass is 9.99. The number of benzene rings is 1. The molecule has 0 radical (unpaired) electrons. The van der Waals surface area contributed by atoms with E-state index >= 15 is 0 Å². The zero-order valence-corrected chi connectivity index (χ0v) is 17.3. The number of urea groups is 1. The van der Waals surface area contributed by atoms with E-state index in [0.29, 0.717) is 32.0 Å². The predicted octanol–water partition coefficient (Wildman–Crippen LogP) is 2.00. The van der Waals surface area contributed by atoms with Gasteiger partial charge < -0.3 is 19.9 Å². The van der Waals surface area contributed by atoms with Crippen LogP contribution in [-0.4, -0.2) is 75.9 Å². The number of carbonyl (C=O) groups is 2. The van der Waals surface area contributed by atoms with Crippen LogP contribution in [0.3, 0.4) is 0 Å². The van der Waals surface area contributed by atoms with Gasteiger partial charge in [0, 0.05) is 50.8 Å². The Labute approximate surface area is 170 Å². The minimum absolute atomic E-state index is 0.0239. The van der Waals surface area contributed by atoms with Crippen LogP contribution in [0.2, 0.25) is 0 Å². The first-order chi connectivity index (χ1) is 14.0. The molecule has 0 spiro atoms. The number of hydrogen-bond acceptors (Lipinski definition) is 4. The summed E-state index contributed by atoms with van der Waals surface area (Å²) in [4.78, 5) is 29.7. The maximum Gasteiger partial charge on any atom is 0.318 e. The Morgan fingerprint density at radius 3 is 2.55 bits per heavy atom. The van der Waals surface area contributed by atoms with Crippen molar-refractivity contribution in [1.29, 1.82) is 0 Å². The third-order valence-electron chi connectivity index (χ3n) is 5.73. The van der Waals surface area contributed by atoms with E-state index in [1.165, 1.54) is 0 Å². The fraction of sp³-hybridized carbons (Fsp3) is 0.571. The van der Waals surface area contributed by atoms with Crippen molar-refractivity contribution >= 4 is 22.8 Å². The van der Waals surface area contributed by atoms with Gasteiger partial charge in [0.2, 0.25) is 0 Å². The van der Waals surface area contributed by atoms with Crippen molar-refractivity contribution in [2.24, 2.45) is 7.05 Å². The average Bonchev–Trinajstić information content (AvgIpc) is 3.01. The van der Waals surface area contributed by atoms with Gasteiger partial charge in [-0.1, -0.05) is 18.2 Å². The second-order valence-corrected chi connectivity index (χ2v) is 8.21. The van der Waals surface area contributed by atoms with Gasteiger partial charge in [-0.05, 0) is 32.8 Å². The van der Waals surface area contributed by atoms with E-state index in [1.54, 1.807) is 9.58 Å². The zero-order chi connectivity index (χ0) is 20.5. The Balaban J connectivity index is 1.48. The fourth-order valence-corrected chi connectivity index (χ4v) is 4.23. The summed E-state index contributed by atoms with van der Waals surface area (Å²) in [5, 5.41) is 8.33. The molecule has 2 saturated heterocycles. The van der Waals surface area contributed by atoms with Crippen LogP contribution in [0.5, 0.6) is 0 Å². The first-order valence-electron chi connectivity index (χ1n) is 10.3.